The second kappa shape index (κ2) is 8.76. The van der Waals surface area contributed by atoms with E-state index in [0.717, 1.165) is 38.2 Å². The smallest absolute Gasteiger partial charge is 0.234 e. The molecule has 0 unspecified atom stereocenters. The van der Waals surface area contributed by atoms with Crippen LogP contribution in [0.2, 0.25) is 0 Å². The van der Waals surface area contributed by atoms with Gasteiger partial charge in [0.2, 0.25) is 5.91 Å². The lowest BCUT2D eigenvalue weighted by molar-refractivity contribution is -0.122. The Kier molecular flexibility index (Phi) is 6.42. The van der Waals surface area contributed by atoms with Gasteiger partial charge in [-0.15, -0.1) is 0 Å². The van der Waals surface area contributed by atoms with E-state index in [1.165, 1.54) is 5.56 Å². The van der Waals surface area contributed by atoms with Gasteiger partial charge in [-0.3, -0.25) is 14.6 Å². The lowest BCUT2D eigenvalue weighted by atomic mass is 10.1. The zero-order chi connectivity index (χ0) is 17.6. The molecule has 2 fully saturated rings. The maximum atomic E-state index is 12.3. The number of aliphatic hydroxyl groups is 1. The molecule has 1 amide bonds. The largest absolute Gasteiger partial charge is 0.389 e. The first-order valence-corrected chi connectivity index (χ1v) is 9.17. The number of aliphatic hydroxyl groups excluding tert-OH is 1. The number of amides is 1. The van der Waals surface area contributed by atoms with Crippen LogP contribution in [0.3, 0.4) is 0 Å². The lowest BCUT2D eigenvalue weighted by Crippen LogP contribution is -2.45. The summed E-state index contributed by atoms with van der Waals surface area (Å²) < 4.78 is 5.37. The Bertz CT molecular complexity index is 581. The lowest BCUT2D eigenvalue weighted by Gasteiger charge is -2.28. The van der Waals surface area contributed by atoms with Crippen LogP contribution in [0.4, 0.5) is 0 Å². The summed E-state index contributed by atoms with van der Waals surface area (Å²) in [5.74, 6) is 0.0703. The number of aryl methyl sites for hydroxylation is 1. The predicted molar refractivity (Wildman–Crippen MR) is 96.3 cm³/mol. The van der Waals surface area contributed by atoms with Gasteiger partial charge in [0.05, 0.1) is 31.9 Å². The molecule has 3 rings (SSSR count). The summed E-state index contributed by atoms with van der Waals surface area (Å²) in [5, 5.41) is 13.0. The molecule has 2 aliphatic rings. The topological polar surface area (TPSA) is 65.0 Å². The van der Waals surface area contributed by atoms with E-state index in [4.69, 9.17) is 4.74 Å². The SMILES string of the molecule is Cc1ccccc1CNC(=O)CN1CCCN([C@H]2COC[C@@H]2O)CC1. The van der Waals surface area contributed by atoms with Crippen LogP contribution in [-0.2, 0) is 16.1 Å². The molecule has 0 aromatic heterocycles. The summed E-state index contributed by atoms with van der Waals surface area (Å²) >= 11 is 0. The van der Waals surface area contributed by atoms with Crippen molar-refractivity contribution in [3.63, 3.8) is 0 Å². The average molecular weight is 347 g/mol. The van der Waals surface area contributed by atoms with E-state index < -0.39 is 0 Å². The summed E-state index contributed by atoms with van der Waals surface area (Å²) in [7, 11) is 0. The van der Waals surface area contributed by atoms with Gasteiger partial charge in [-0.2, -0.15) is 0 Å². The number of benzene rings is 1. The van der Waals surface area contributed by atoms with E-state index in [-0.39, 0.29) is 18.1 Å². The number of hydrogen-bond donors (Lipinski definition) is 2. The van der Waals surface area contributed by atoms with Crippen molar-refractivity contribution < 1.29 is 14.6 Å². The normalized spacial score (nSPS) is 25.7. The van der Waals surface area contributed by atoms with Gasteiger partial charge < -0.3 is 15.2 Å². The second-order valence-electron chi connectivity index (χ2n) is 7.04. The second-order valence-corrected chi connectivity index (χ2v) is 7.04. The third-order valence-corrected chi connectivity index (χ3v) is 5.22. The summed E-state index contributed by atoms with van der Waals surface area (Å²) in [6.07, 6.45) is 0.623. The minimum absolute atomic E-state index is 0.0703. The molecule has 0 aliphatic carbocycles. The highest BCUT2D eigenvalue weighted by molar-refractivity contribution is 5.78. The van der Waals surface area contributed by atoms with Gasteiger partial charge in [-0.1, -0.05) is 24.3 Å². The number of rotatable bonds is 5. The molecule has 0 bridgehead atoms. The molecule has 1 aromatic rings. The maximum absolute atomic E-state index is 12.3. The molecule has 2 saturated heterocycles. The molecular weight excluding hydrogens is 318 g/mol. The van der Waals surface area contributed by atoms with E-state index in [9.17, 15) is 9.90 Å². The number of hydrogen-bond acceptors (Lipinski definition) is 5. The Morgan fingerprint density at radius 1 is 1.24 bits per heavy atom. The van der Waals surface area contributed by atoms with Gasteiger partial charge in [-0.05, 0) is 37.6 Å². The van der Waals surface area contributed by atoms with Crippen LogP contribution >= 0.6 is 0 Å². The molecule has 138 valence electrons. The predicted octanol–water partition coefficient (Wildman–Crippen LogP) is 0.379. The number of ether oxygens (including phenoxy) is 1. The van der Waals surface area contributed by atoms with Crippen LogP contribution in [0.25, 0.3) is 0 Å². The molecule has 25 heavy (non-hydrogen) atoms. The van der Waals surface area contributed by atoms with Crippen LogP contribution in [0.1, 0.15) is 17.5 Å². The number of carbonyl (C=O) groups is 1. The fraction of sp³-hybridized carbons (Fsp3) is 0.632. The van der Waals surface area contributed by atoms with Crippen LogP contribution in [0.15, 0.2) is 24.3 Å². The molecule has 2 aliphatic heterocycles. The fourth-order valence-electron chi connectivity index (χ4n) is 3.62. The van der Waals surface area contributed by atoms with Gasteiger partial charge in [0.1, 0.15) is 0 Å². The van der Waals surface area contributed by atoms with Crippen molar-refractivity contribution in [2.75, 3.05) is 45.9 Å². The fourth-order valence-corrected chi connectivity index (χ4v) is 3.62. The van der Waals surface area contributed by atoms with Crippen molar-refractivity contribution in [3.05, 3.63) is 35.4 Å². The third-order valence-electron chi connectivity index (χ3n) is 5.22. The van der Waals surface area contributed by atoms with Crippen molar-refractivity contribution in [1.29, 1.82) is 0 Å². The first kappa shape index (κ1) is 18.3. The quantitative estimate of drug-likeness (QED) is 0.806. The van der Waals surface area contributed by atoms with Gasteiger partial charge >= 0.3 is 0 Å². The minimum atomic E-state index is -0.385. The molecule has 0 radical (unpaired) electrons. The molecule has 1 aromatic carbocycles. The van der Waals surface area contributed by atoms with Crippen molar-refractivity contribution in [3.8, 4) is 0 Å². The van der Waals surface area contributed by atoms with E-state index in [0.29, 0.717) is 26.3 Å². The highest BCUT2D eigenvalue weighted by Gasteiger charge is 2.32. The van der Waals surface area contributed by atoms with Gasteiger partial charge in [0.25, 0.3) is 0 Å². The molecule has 2 N–H and O–H groups in total. The zero-order valence-corrected chi connectivity index (χ0v) is 15.0. The summed E-state index contributed by atoms with van der Waals surface area (Å²) in [4.78, 5) is 16.8. The molecule has 2 atom stereocenters. The average Bonchev–Trinajstić information content (AvgIpc) is 2.89. The maximum Gasteiger partial charge on any atom is 0.234 e. The number of nitrogens with zero attached hydrogens (tertiary/aromatic N) is 2. The molecule has 2 heterocycles. The molecule has 0 spiro atoms. The van der Waals surface area contributed by atoms with Crippen LogP contribution in [-0.4, -0.2) is 78.9 Å². The van der Waals surface area contributed by atoms with Crippen LogP contribution < -0.4 is 5.32 Å². The van der Waals surface area contributed by atoms with Gasteiger partial charge in [0.15, 0.2) is 0 Å². The molecule has 6 nitrogen and oxygen atoms in total. The Morgan fingerprint density at radius 3 is 2.84 bits per heavy atom. The molecule has 6 heteroatoms. The summed E-state index contributed by atoms with van der Waals surface area (Å²) in [6, 6.07) is 8.23. The Balaban J connectivity index is 1.43. The van der Waals surface area contributed by atoms with Crippen molar-refractivity contribution in [2.45, 2.75) is 32.0 Å². The van der Waals surface area contributed by atoms with E-state index >= 15 is 0 Å². The number of carbonyl (C=O) groups excluding carboxylic acids is 1. The summed E-state index contributed by atoms with van der Waals surface area (Å²) in [6.45, 7) is 7.71. The van der Waals surface area contributed by atoms with E-state index in [2.05, 4.69) is 34.2 Å². The van der Waals surface area contributed by atoms with Crippen molar-refractivity contribution in [2.24, 2.45) is 0 Å². The first-order chi connectivity index (χ1) is 12.1. The van der Waals surface area contributed by atoms with Gasteiger partial charge in [-0.25, -0.2) is 0 Å². The highest BCUT2D eigenvalue weighted by atomic mass is 16.5. The molecule has 0 saturated carbocycles. The van der Waals surface area contributed by atoms with Crippen molar-refractivity contribution >= 4 is 5.91 Å². The van der Waals surface area contributed by atoms with Crippen LogP contribution in [0, 0.1) is 6.92 Å². The van der Waals surface area contributed by atoms with E-state index in [1.54, 1.807) is 0 Å². The Morgan fingerprint density at radius 2 is 2.08 bits per heavy atom. The van der Waals surface area contributed by atoms with Gasteiger partial charge in [0, 0.05) is 19.6 Å². The van der Waals surface area contributed by atoms with Crippen molar-refractivity contribution in [1.82, 2.24) is 15.1 Å². The first-order valence-electron chi connectivity index (χ1n) is 9.17. The molecular formula is C19H29N3O3. The zero-order valence-electron chi connectivity index (χ0n) is 15.0. The highest BCUT2D eigenvalue weighted by Crippen LogP contribution is 2.15. The number of nitrogens with one attached hydrogen (secondary N) is 1. The minimum Gasteiger partial charge on any atom is -0.389 e. The van der Waals surface area contributed by atoms with E-state index in [1.807, 2.05) is 12.1 Å². The monoisotopic (exact) mass is 347 g/mol. The Labute approximate surface area is 149 Å². The Hall–Kier alpha value is -1.47. The standard InChI is InChI=1S/C19H29N3O3/c1-15-5-2-3-6-16(15)11-20-19(24)12-21-7-4-8-22(10-9-21)17-13-25-14-18(17)23/h2-3,5-6,17-18,23H,4,7-14H2,1H3,(H,20,24)/t17-,18-/m0/s1. The third kappa shape index (κ3) is 5.01. The summed E-state index contributed by atoms with van der Waals surface area (Å²) in [5.41, 5.74) is 2.36. The van der Waals surface area contributed by atoms with Crippen LogP contribution in [0.5, 0.6) is 0 Å².